The Morgan fingerprint density at radius 3 is 2.12 bits per heavy atom. The highest BCUT2D eigenvalue weighted by Gasteiger charge is 2.26. The zero-order chi connectivity index (χ0) is 23.3. The molecule has 172 valence electrons. The molecule has 3 aromatic carbocycles. The average Bonchev–Trinajstić information content (AvgIpc) is 2.88. The van der Waals surface area contributed by atoms with Crippen LogP contribution in [0.3, 0.4) is 0 Å². The van der Waals surface area contributed by atoms with Crippen molar-refractivity contribution in [1.29, 1.82) is 0 Å². The number of hydrogen-bond acceptors (Lipinski definition) is 5. The topological polar surface area (TPSA) is 84.9 Å². The largest absolute Gasteiger partial charge is 0.497 e. The Labute approximate surface area is 194 Å². The zero-order valence-electron chi connectivity index (χ0n) is 18.3. The van der Waals surface area contributed by atoms with Crippen molar-refractivity contribution < 1.29 is 22.7 Å². The fourth-order valence-corrected chi connectivity index (χ4v) is 5.14. The second-order valence-corrected chi connectivity index (χ2v) is 9.57. The molecule has 1 aliphatic heterocycles. The third kappa shape index (κ3) is 5.24. The van der Waals surface area contributed by atoms with Crippen molar-refractivity contribution in [2.24, 2.45) is 0 Å². The summed E-state index contributed by atoms with van der Waals surface area (Å²) in [6.07, 6.45) is 0. The number of nitrogens with zero attached hydrogens (tertiary/aromatic N) is 1. The molecule has 1 heterocycles. The van der Waals surface area contributed by atoms with Crippen LogP contribution in [0.15, 0.2) is 83.8 Å². The van der Waals surface area contributed by atoms with Crippen molar-refractivity contribution in [1.82, 2.24) is 9.62 Å². The number of carbonyl (C=O) groups is 1. The van der Waals surface area contributed by atoms with E-state index in [-0.39, 0.29) is 16.8 Å². The van der Waals surface area contributed by atoms with Gasteiger partial charge in [-0.1, -0.05) is 42.5 Å². The van der Waals surface area contributed by atoms with E-state index in [1.807, 2.05) is 54.6 Å². The smallest absolute Gasteiger partial charge is 0.252 e. The van der Waals surface area contributed by atoms with Crippen LogP contribution in [0.1, 0.15) is 27.5 Å². The number of nitrogens with one attached hydrogen (secondary N) is 1. The van der Waals surface area contributed by atoms with Gasteiger partial charge in [0.05, 0.1) is 31.3 Å². The molecule has 0 aliphatic carbocycles. The van der Waals surface area contributed by atoms with Crippen LogP contribution in [0, 0.1) is 0 Å². The lowest BCUT2D eigenvalue weighted by molar-refractivity contribution is 0.0730. The number of rotatable bonds is 7. The van der Waals surface area contributed by atoms with Crippen LogP contribution >= 0.6 is 0 Å². The third-order valence-corrected chi connectivity index (χ3v) is 7.49. The average molecular weight is 467 g/mol. The first-order valence-corrected chi connectivity index (χ1v) is 12.1. The molecule has 8 heteroatoms. The minimum absolute atomic E-state index is 0.163. The van der Waals surface area contributed by atoms with Gasteiger partial charge in [-0.15, -0.1) is 0 Å². The van der Waals surface area contributed by atoms with Gasteiger partial charge in [0.25, 0.3) is 5.91 Å². The molecule has 0 spiro atoms. The molecule has 0 saturated carbocycles. The van der Waals surface area contributed by atoms with E-state index in [0.29, 0.717) is 31.9 Å². The molecule has 0 bridgehead atoms. The molecule has 1 aliphatic rings. The van der Waals surface area contributed by atoms with Crippen molar-refractivity contribution in [3.63, 3.8) is 0 Å². The van der Waals surface area contributed by atoms with E-state index in [0.717, 1.165) is 16.9 Å². The number of sulfonamides is 1. The zero-order valence-corrected chi connectivity index (χ0v) is 19.1. The molecule has 1 unspecified atom stereocenters. The lowest BCUT2D eigenvalue weighted by Gasteiger charge is -2.26. The Kier molecular flexibility index (Phi) is 7.08. The number of benzene rings is 3. The SMILES string of the molecule is COc1ccc(C(NC(=O)c2ccc(S(=O)(=O)N3CCOCC3)cc2)c2ccccc2)cc1. The highest BCUT2D eigenvalue weighted by molar-refractivity contribution is 7.89. The maximum atomic E-state index is 13.1. The number of carbonyl (C=O) groups excluding carboxylic acids is 1. The Morgan fingerprint density at radius 1 is 0.909 bits per heavy atom. The summed E-state index contributed by atoms with van der Waals surface area (Å²) < 4.78 is 37.5. The van der Waals surface area contributed by atoms with E-state index in [1.54, 1.807) is 19.2 Å². The Balaban J connectivity index is 1.55. The summed E-state index contributed by atoms with van der Waals surface area (Å²) in [5.74, 6) is 0.434. The summed E-state index contributed by atoms with van der Waals surface area (Å²) in [7, 11) is -2.00. The predicted molar refractivity (Wildman–Crippen MR) is 125 cm³/mol. The highest BCUT2D eigenvalue weighted by atomic mass is 32.2. The molecule has 0 aromatic heterocycles. The highest BCUT2D eigenvalue weighted by Crippen LogP contribution is 2.25. The minimum Gasteiger partial charge on any atom is -0.497 e. The Bertz CT molecular complexity index is 1170. The van der Waals surface area contributed by atoms with Crippen molar-refractivity contribution in [3.05, 3.63) is 95.6 Å². The summed E-state index contributed by atoms with van der Waals surface area (Å²) in [5.41, 5.74) is 2.22. The molecular weight excluding hydrogens is 440 g/mol. The molecule has 1 saturated heterocycles. The van der Waals surface area contributed by atoms with Crippen molar-refractivity contribution >= 4 is 15.9 Å². The van der Waals surface area contributed by atoms with Crippen LogP contribution in [0.5, 0.6) is 5.75 Å². The summed E-state index contributed by atoms with van der Waals surface area (Å²) >= 11 is 0. The summed E-state index contributed by atoms with van der Waals surface area (Å²) in [6, 6.07) is 22.8. The Hall–Kier alpha value is -3.20. The summed E-state index contributed by atoms with van der Waals surface area (Å²) in [4.78, 5) is 13.2. The second kappa shape index (κ2) is 10.2. The van der Waals surface area contributed by atoms with E-state index < -0.39 is 10.0 Å². The molecule has 33 heavy (non-hydrogen) atoms. The molecule has 1 atom stereocenters. The van der Waals surface area contributed by atoms with Gasteiger partial charge >= 0.3 is 0 Å². The lowest BCUT2D eigenvalue weighted by Crippen LogP contribution is -2.40. The van der Waals surface area contributed by atoms with Gasteiger partial charge in [0.2, 0.25) is 10.0 Å². The van der Waals surface area contributed by atoms with Crippen molar-refractivity contribution in [2.45, 2.75) is 10.9 Å². The van der Waals surface area contributed by atoms with Crippen LogP contribution in [-0.2, 0) is 14.8 Å². The first-order chi connectivity index (χ1) is 16.0. The maximum absolute atomic E-state index is 13.1. The van der Waals surface area contributed by atoms with E-state index in [4.69, 9.17) is 9.47 Å². The first kappa shape index (κ1) is 23.0. The van der Waals surface area contributed by atoms with Gasteiger partial charge in [0.15, 0.2) is 0 Å². The molecule has 3 aromatic rings. The maximum Gasteiger partial charge on any atom is 0.252 e. The quantitative estimate of drug-likeness (QED) is 0.578. The first-order valence-electron chi connectivity index (χ1n) is 10.7. The molecule has 1 fully saturated rings. The van der Waals surface area contributed by atoms with Crippen molar-refractivity contribution in [2.75, 3.05) is 33.4 Å². The van der Waals surface area contributed by atoms with E-state index in [9.17, 15) is 13.2 Å². The molecule has 0 radical (unpaired) electrons. The monoisotopic (exact) mass is 466 g/mol. The van der Waals surface area contributed by atoms with Crippen LogP contribution in [0.25, 0.3) is 0 Å². The van der Waals surface area contributed by atoms with Crippen LogP contribution in [0.4, 0.5) is 0 Å². The number of ether oxygens (including phenoxy) is 2. The lowest BCUT2D eigenvalue weighted by atomic mass is 9.98. The van der Waals surface area contributed by atoms with Crippen LogP contribution in [0.2, 0.25) is 0 Å². The number of amides is 1. The van der Waals surface area contributed by atoms with Gasteiger partial charge in [0, 0.05) is 18.7 Å². The predicted octanol–water partition coefficient (Wildman–Crippen LogP) is 3.24. The molecular formula is C25H26N2O5S. The van der Waals surface area contributed by atoms with Crippen LogP contribution < -0.4 is 10.1 Å². The summed E-state index contributed by atoms with van der Waals surface area (Å²) in [6.45, 7) is 1.41. The molecule has 7 nitrogen and oxygen atoms in total. The fraction of sp³-hybridized carbons (Fsp3) is 0.240. The van der Waals surface area contributed by atoms with E-state index in [2.05, 4.69) is 5.32 Å². The second-order valence-electron chi connectivity index (χ2n) is 7.63. The normalized spacial score (nSPS) is 15.5. The van der Waals surface area contributed by atoms with Gasteiger partial charge in [-0.2, -0.15) is 4.31 Å². The number of methoxy groups -OCH3 is 1. The van der Waals surface area contributed by atoms with Crippen LogP contribution in [-0.4, -0.2) is 52.0 Å². The van der Waals surface area contributed by atoms with E-state index in [1.165, 1.54) is 16.4 Å². The minimum atomic E-state index is -3.61. The van der Waals surface area contributed by atoms with Gasteiger partial charge in [-0.25, -0.2) is 8.42 Å². The number of morpholine rings is 1. The summed E-state index contributed by atoms with van der Waals surface area (Å²) in [5, 5.41) is 3.07. The third-order valence-electron chi connectivity index (χ3n) is 5.58. The number of hydrogen-bond donors (Lipinski definition) is 1. The van der Waals surface area contributed by atoms with Gasteiger partial charge in [0.1, 0.15) is 5.75 Å². The molecule has 4 rings (SSSR count). The molecule has 1 N–H and O–H groups in total. The van der Waals surface area contributed by atoms with Crippen molar-refractivity contribution in [3.8, 4) is 5.75 Å². The fourth-order valence-electron chi connectivity index (χ4n) is 3.73. The Morgan fingerprint density at radius 2 is 1.52 bits per heavy atom. The van der Waals surface area contributed by atoms with Gasteiger partial charge in [-0.3, -0.25) is 4.79 Å². The standard InChI is InChI=1S/C25H26N2O5S/c1-31-22-11-7-20(8-12-22)24(19-5-3-2-4-6-19)26-25(28)21-9-13-23(14-10-21)33(29,30)27-15-17-32-18-16-27/h2-14,24H,15-18H2,1H3,(H,26,28). The van der Waals surface area contributed by atoms with Gasteiger partial charge in [-0.05, 0) is 47.5 Å². The molecule has 1 amide bonds. The van der Waals surface area contributed by atoms with Gasteiger partial charge < -0.3 is 14.8 Å². The van der Waals surface area contributed by atoms with E-state index >= 15 is 0 Å².